The highest BCUT2D eigenvalue weighted by Gasteiger charge is 2.13. The van der Waals surface area contributed by atoms with E-state index < -0.39 is 0 Å². The SMILES string of the molecule is COc1ccc(Cl)cc1NC(=O)CN(C)CC(=O)NCc1ccccc1. The number of nitrogens with zero attached hydrogens (tertiary/aromatic N) is 1. The van der Waals surface area contributed by atoms with E-state index in [1.165, 1.54) is 7.11 Å². The molecule has 0 aliphatic heterocycles. The first-order chi connectivity index (χ1) is 12.5. The van der Waals surface area contributed by atoms with Crippen LogP contribution in [0.1, 0.15) is 5.56 Å². The lowest BCUT2D eigenvalue weighted by molar-refractivity contribution is -0.123. The number of likely N-dealkylation sites (N-methyl/N-ethyl adjacent to an activating group) is 1. The van der Waals surface area contributed by atoms with Gasteiger partial charge in [0.25, 0.3) is 0 Å². The highest BCUT2D eigenvalue weighted by atomic mass is 35.5. The van der Waals surface area contributed by atoms with Gasteiger partial charge in [0.15, 0.2) is 0 Å². The number of carbonyl (C=O) groups excluding carboxylic acids is 2. The van der Waals surface area contributed by atoms with Crippen LogP contribution < -0.4 is 15.4 Å². The van der Waals surface area contributed by atoms with Crippen molar-refractivity contribution in [3.8, 4) is 5.75 Å². The van der Waals surface area contributed by atoms with E-state index in [1.807, 2.05) is 30.3 Å². The first-order valence-electron chi connectivity index (χ1n) is 8.10. The number of benzene rings is 2. The minimum atomic E-state index is -0.260. The first kappa shape index (κ1) is 19.8. The van der Waals surface area contributed by atoms with E-state index in [1.54, 1.807) is 30.1 Å². The fraction of sp³-hybridized carbons (Fsp3) is 0.263. The predicted octanol–water partition coefficient (Wildman–Crippen LogP) is 2.54. The van der Waals surface area contributed by atoms with Gasteiger partial charge in [-0.15, -0.1) is 0 Å². The Morgan fingerprint density at radius 2 is 1.77 bits per heavy atom. The van der Waals surface area contributed by atoms with E-state index in [9.17, 15) is 9.59 Å². The molecule has 0 saturated heterocycles. The maximum absolute atomic E-state index is 12.2. The number of halogens is 1. The molecule has 138 valence electrons. The summed E-state index contributed by atoms with van der Waals surface area (Å²) < 4.78 is 5.19. The van der Waals surface area contributed by atoms with Crippen LogP contribution in [0.2, 0.25) is 5.02 Å². The van der Waals surface area contributed by atoms with E-state index in [-0.39, 0.29) is 24.9 Å². The minimum absolute atomic E-state index is 0.0639. The van der Waals surface area contributed by atoms with Crippen molar-refractivity contribution >= 4 is 29.1 Å². The summed E-state index contributed by atoms with van der Waals surface area (Å²) in [7, 11) is 3.22. The van der Waals surface area contributed by atoms with E-state index in [2.05, 4.69) is 10.6 Å². The Kier molecular flexibility index (Phi) is 7.44. The van der Waals surface area contributed by atoms with Gasteiger partial charge in [-0.1, -0.05) is 41.9 Å². The average molecular weight is 376 g/mol. The second kappa shape index (κ2) is 9.79. The second-order valence-electron chi connectivity index (χ2n) is 5.83. The summed E-state index contributed by atoms with van der Waals surface area (Å²) in [6.45, 7) is 0.640. The van der Waals surface area contributed by atoms with Gasteiger partial charge in [0.05, 0.1) is 25.9 Å². The summed E-state index contributed by atoms with van der Waals surface area (Å²) in [6.07, 6.45) is 0. The van der Waals surface area contributed by atoms with Gasteiger partial charge >= 0.3 is 0 Å². The Labute approximate surface area is 158 Å². The smallest absolute Gasteiger partial charge is 0.238 e. The van der Waals surface area contributed by atoms with Crippen molar-refractivity contribution in [2.75, 3.05) is 32.6 Å². The Morgan fingerprint density at radius 3 is 2.46 bits per heavy atom. The highest BCUT2D eigenvalue weighted by molar-refractivity contribution is 6.31. The molecule has 2 aromatic rings. The van der Waals surface area contributed by atoms with Crippen LogP contribution in [-0.2, 0) is 16.1 Å². The molecule has 0 heterocycles. The van der Waals surface area contributed by atoms with Gasteiger partial charge in [-0.25, -0.2) is 0 Å². The molecule has 0 aromatic heterocycles. The Morgan fingerprint density at radius 1 is 1.08 bits per heavy atom. The molecule has 0 aliphatic rings. The number of amides is 2. The Balaban J connectivity index is 1.79. The van der Waals surface area contributed by atoms with Crippen LogP contribution in [0.5, 0.6) is 5.75 Å². The molecule has 26 heavy (non-hydrogen) atoms. The number of ether oxygens (including phenoxy) is 1. The number of anilines is 1. The number of hydrogen-bond donors (Lipinski definition) is 2. The third-order valence-corrected chi connectivity index (χ3v) is 3.83. The molecule has 2 aromatic carbocycles. The molecular weight excluding hydrogens is 354 g/mol. The van der Waals surface area contributed by atoms with Crippen LogP contribution >= 0.6 is 11.6 Å². The topological polar surface area (TPSA) is 70.7 Å². The number of hydrogen-bond acceptors (Lipinski definition) is 4. The number of rotatable bonds is 8. The number of methoxy groups -OCH3 is 1. The van der Waals surface area contributed by atoms with Crippen molar-refractivity contribution in [3.05, 3.63) is 59.1 Å². The Bertz CT molecular complexity index is 753. The lowest BCUT2D eigenvalue weighted by Crippen LogP contribution is -2.38. The summed E-state index contributed by atoms with van der Waals surface area (Å²) in [5.41, 5.74) is 1.52. The van der Waals surface area contributed by atoms with Crippen LogP contribution in [0.25, 0.3) is 0 Å². The molecule has 0 spiro atoms. The predicted molar refractivity (Wildman–Crippen MR) is 102 cm³/mol. The van der Waals surface area contributed by atoms with Gasteiger partial charge in [-0.05, 0) is 30.8 Å². The van der Waals surface area contributed by atoms with E-state index in [0.717, 1.165) is 5.56 Å². The van der Waals surface area contributed by atoms with E-state index >= 15 is 0 Å². The summed E-state index contributed by atoms with van der Waals surface area (Å²) >= 11 is 5.95. The maximum atomic E-state index is 12.2. The van der Waals surface area contributed by atoms with Crippen molar-refractivity contribution in [3.63, 3.8) is 0 Å². The van der Waals surface area contributed by atoms with Gasteiger partial charge < -0.3 is 15.4 Å². The number of nitrogens with one attached hydrogen (secondary N) is 2. The molecule has 0 bridgehead atoms. The molecule has 2 N–H and O–H groups in total. The first-order valence-corrected chi connectivity index (χ1v) is 8.48. The lowest BCUT2D eigenvalue weighted by Gasteiger charge is -2.17. The average Bonchev–Trinajstić information content (AvgIpc) is 2.61. The number of carbonyl (C=O) groups is 2. The van der Waals surface area contributed by atoms with Crippen LogP contribution in [0, 0.1) is 0 Å². The molecule has 0 saturated carbocycles. The summed E-state index contributed by atoms with van der Waals surface area (Å²) in [6, 6.07) is 14.6. The fourth-order valence-electron chi connectivity index (χ4n) is 2.37. The summed E-state index contributed by atoms with van der Waals surface area (Å²) in [4.78, 5) is 25.8. The van der Waals surface area contributed by atoms with Crippen molar-refractivity contribution in [1.82, 2.24) is 10.2 Å². The molecule has 7 heteroatoms. The van der Waals surface area contributed by atoms with Gasteiger partial charge in [0.1, 0.15) is 5.75 Å². The van der Waals surface area contributed by atoms with E-state index in [0.29, 0.717) is 23.0 Å². The molecule has 0 aliphatic carbocycles. The van der Waals surface area contributed by atoms with Crippen molar-refractivity contribution in [1.29, 1.82) is 0 Å². The van der Waals surface area contributed by atoms with Gasteiger partial charge in [0.2, 0.25) is 11.8 Å². The minimum Gasteiger partial charge on any atom is -0.495 e. The lowest BCUT2D eigenvalue weighted by atomic mass is 10.2. The monoisotopic (exact) mass is 375 g/mol. The fourth-order valence-corrected chi connectivity index (χ4v) is 2.54. The highest BCUT2D eigenvalue weighted by Crippen LogP contribution is 2.27. The molecular formula is C19H22ClN3O3. The Hall–Kier alpha value is -2.57. The normalized spacial score (nSPS) is 10.5. The standard InChI is InChI=1S/C19H22ClN3O3/c1-23(12-18(24)21-11-14-6-4-3-5-7-14)13-19(25)22-16-10-15(20)8-9-17(16)26-2/h3-10H,11-13H2,1-2H3,(H,21,24)(H,22,25). The van der Waals surface area contributed by atoms with Gasteiger partial charge in [-0.3, -0.25) is 14.5 Å². The molecule has 0 fully saturated rings. The van der Waals surface area contributed by atoms with Crippen molar-refractivity contribution in [2.45, 2.75) is 6.54 Å². The maximum Gasteiger partial charge on any atom is 0.238 e. The summed E-state index contributed by atoms with van der Waals surface area (Å²) in [5.74, 6) is 0.111. The quantitative estimate of drug-likeness (QED) is 0.743. The van der Waals surface area contributed by atoms with Crippen molar-refractivity contribution < 1.29 is 14.3 Å². The van der Waals surface area contributed by atoms with Crippen LogP contribution in [0.4, 0.5) is 5.69 Å². The molecule has 0 atom stereocenters. The van der Waals surface area contributed by atoms with Crippen molar-refractivity contribution in [2.24, 2.45) is 0 Å². The second-order valence-corrected chi connectivity index (χ2v) is 6.26. The molecule has 2 rings (SSSR count). The zero-order valence-corrected chi connectivity index (χ0v) is 15.5. The van der Waals surface area contributed by atoms with Crippen LogP contribution in [-0.4, -0.2) is 44.0 Å². The molecule has 0 unspecified atom stereocenters. The van der Waals surface area contributed by atoms with Gasteiger partial charge in [0, 0.05) is 11.6 Å². The third-order valence-electron chi connectivity index (χ3n) is 3.60. The zero-order valence-electron chi connectivity index (χ0n) is 14.8. The zero-order chi connectivity index (χ0) is 18.9. The van der Waals surface area contributed by atoms with Crippen LogP contribution in [0.15, 0.2) is 48.5 Å². The van der Waals surface area contributed by atoms with Gasteiger partial charge in [-0.2, -0.15) is 0 Å². The summed E-state index contributed by atoms with van der Waals surface area (Å²) in [5, 5.41) is 6.07. The molecule has 0 radical (unpaired) electrons. The molecule has 6 nitrogen and oxygen atoms in total. The largest absolute Gasteiger partial charge is 0.495 e. The van der Waals surface area contributed by atoms with E-state index in [4.69, 9.17) is 16.3 Å². The van der Waals surface area contributed by atoms with Crippen LogP contribution in [0.3, 0.4) is 0 Å². The molecule has 2 amide bonds. The third kappa shape index (κ3) is 6.38.